The van der Waals surface area contributed by atoms with E-state index in [1.54, 1.807) is 50.1 Å². The first kappa shape index (κ1) is 25.5. The molecule has 39 heavy (non-hydrogen) atoms. The van der Waals surface area contributed by atoms with Crippen molar-refractivity contribution in [3.05, 3.63) is 101 Å². The predicted molar refractivity (Wildman–Crippen MR) is 148 cm³/mol. The van der Waals surface area contributed by atoms with Crippen LogP contribution in [0.5, 0.6) is 11.5 Å². The van der Waals surface area contributed by atoms with Gasteiger partial charge in [-0.3, -0.25) is 9.59 Å². The van der Waals surface area contributed by atoms with Crippen LogP contribution < -0.4 is 25.4 Å². The van der Waals surface area contributed by atoms with Crippen molar-refractivity contribution in [2.45, 2.75) is 19.9 Å². The number of hydrogen-bond acceptors (Lipinski definition) is 7. The zero-order chi connectivity index (χ0) is 27.5. The van der Waals surface area contributed by atoms with Crippen LogP contribution in [-0.2, 0) is 4.79 Å². The third-order valence-electron chi connectivity index (χ3n) is 6.55. The Labute approximate surface area is 225 Å². The topological polar surface area (TPSA) is 119 Å². The summed E-state index contributed by atoms with van der Waals surface area (Å²) in [5, 5.41) is 17.6. The van der Waals surface area contributed by atoms with E-state index in [-0.39, 0.29) is 11.6 Å². The number of nitrogens with zero attached hydrogens (tertiary/aromatic N) is 3. The lowest BCUT2D eigenvalue weighted by atomic mass is 9.94. The molecular weight excluding hydrogens is 496 g/mol. The van der Waals surface area contributed by atoms with Crippen LogP contribution >= 0.6 is 0 Å². The first-order valence-corrected chi connectivity index (χ1v) is 12.3. The molecule has 1 aromatic heterocycles. The maximum atomic E-state index is 13.7. The largest absolute Gasteiger partial charge is 0.497 e. The molecule has 5 rings (SSSR count). The smallest absolute Gasteiger partial charge is 0.280 e. The molecule has 0 saturated heterocycles. The molecule has 0 spiro atoms. The number of aryl methyl sites for hydroxylation is 1. The number of hydrogen-bond donors (Lipinski definition) is 3. The number of carbonyl (C=O) groups is 2. The van der Waals surface area contributed by atoms with Gasteiger partial charge in [0.05, 0.1) is 19.8 Å². The molecule has 3 aromatic carbocycles. The number of allylic oxidation sites excluding steroid dienone is 1. The highest BCUT2D eigenvalue weighted by Crippen LogP contribution is 2.38. The predicted octanol–water partition coefficient (Wildman–Crippen LogP) is 4.78. The number of rotatable bonds is 7. The number of fused-ring (bicyclic) bond motifs is 1. The molecule has 1 atom stereocenters. The first-order valence-electron chi connectivity index (χ1n) is 12.3. The molecule has 10 nitrogen and oxygen atoms in total. The number of ether oxygens (including phenoxy) is 2. The van der Waals surface area contributed by atoms with Crippen LogP contribution in [-0.4, -0.2) is 41.0 Å². The zero-order valence-electron chi connectivity index (χ0n) is 22.0. The van der Waals surface area contributed by atoms with E-state index in [9.17, 15) is 9.59 Å². The number of nitrogens with one attached hydrogen (secondary N) is 3. The summed E-state index contributed by atoms with van der Waals surface area (Å²) in [7, 11) is 3.17. The second-order valence-corrected chi connectivity index (χ2v) is 9.02. The highest BCUT2D eigenvalue weighted by molar-refractivity contribution is 6.08. The Hall–Kier alpha value is -5.12. The minimum Gasteiger partial charge on any atom is -0.497 e. The van der Waals surface area contributed by atoms with Crippen LogP contribution in [0.3, 0.4) is 0 Å². The van der Waals surface area contributed by atoms with Crippen molar-refractivity contribution in [3.63, 3.8) is 0 Å². The Morgan fingerprint density at radius 3 is 2.13 bits per heavy atom. The molecule has 4 aromatic rings. The Kier molecular flexibility index (Phi) is 7.00. The van der Waals surface area contributed by atoms with Crippen LogP contribution in [0.4, 0.5) is 17.2 Å². The minimum absolute atomic E-state index is 0.116. The van der Waals surface area contributed by atoms with Gasteiger partial charge in [0.15, 0.2) is 11.5 Å². The summed E-state index contributed by atoms with van der Waals surface area (Å²) >= 11 is 0. The van der Waals surface area contributed by atoms with Gasteiger partial charge >= 0.3 is 0 Å². The van der Waals surface area contributed by atoms with Gasteiger partial charge in [-0.25, -0.2) is 4.68 Å². The molecule has 0 saturated carbocycles. The number of benzene rings is 3. The van der Waals surface area contributed by atoms with Gasteiger partial charge in [0, 0.05) is 17.1 Å². The van der Waals surface area contributed by atoms with Gasteiger partial charge in [0.25, 0.3) is 11.8 Å². The third-order valence-corrected chi connectivity index (χ3v) is 6.55. The van der Waals surface area contributed by atoms with Crippen LogP contribution in [0.2, 0.25) is 0 Å². The second-order valence-electron chi connectivity index (χ2n) is 9.02. The quantitative estimate of drug-likeness (QED) is 0.318. The maximum absolute atomic E-state index is 13.7. The fourth-order valence-corrected chi connectivity index (χ4v) is 4.47. The molecule has 1 aliphatic heterocycles. The Morgan fingerprint density at radius 1 is 0.846 bits per heavy atom. The van der Waals surface area contributed by atoms with E-state index < -0.39 is 11.9 Å². The normalized spacial score (nSPS) is 14.2. The molecule has 198 valence electrons. The number of amides is 2. The Balaban J connectivity index is 1.53. The molecule has 0 aliphatic carbocycles. The van der Waals surface area contributed by atoms with E-state index in [0.29, 0.717) is 40.0 Å². The molecule has 2 amide bonds. The number of carbonyl (C=O) groups excluding carboxylic acids is 2. The van der Waals surface area contributed by atoms with Crippen LogP contribution in [0.1, 0.15) is 34.6 Å². The molecule has 1 aliphatic rings. The van der Waals surface area contributed by atoms with Crippen LogP contribution in [0, 0.1) is 6.92 Å². The van der Waals surface area contributed by atoms with Gasteiger partial charge < -0.3 is 25.4 Å². The summed E-state index contributed by atoms with van der Waals surface area (Å²) in [5.74, 6) is 1.02. The van der Waals surface area contributed by atoms with Crippen molar-refractivity contribution in [2.75, 3.05) is 30.2 Å². The van der Waals surface area contributed by atoms with Gasteiger partial charge in [-0.05, 0) is 67.4 Å². The molecular formula is C29H28N6O4. The van der Waals surface area contributed by atoms with Crippen molar-refractivity contribution in [1.82, 2.24) is 15.0 Å². The van der Waals surface area contributed by atoms with E-state index in [4.69, 9.17) is 9.47 Å². The Bertz CT molecular complexity index is 1560. The fourth-order valence-electron chi connectivity index (χ4n) is 4.47. The van der Waals surface area contributed by atoms with Gasteiger partial charge in [-0.1, -0.05) is 35.5 Å². The second kappa shape index (κ2) is 10.7. The van der Waals surface area contributed by atoms with Crippen LogP contribution in [0.15, 0.2) is 84.1 Å². The fraction of sp³-hybridized carbons (Fsp3) is 0.172. The minimum atomic E-state index is -0.655. The van der Waals surface area contributed by atoms with E-state index >= 15 is 0 Å². The van der Waals surface area contributed by atoms with Crippen molar-refractivity contribution in [3.8, 4) is 11.5 Å². The third kappa shape index (κ3) is 5.04. The van der Waals surface area contributed by atoms with Crippen molar-refractivity contribution in [1.29, 1.82) is 0 Å². The zero-order valence-corrected chi connectivity index (χ0v) is 22.0. The van der Waals surface area contributed by atoms with E-state index in [0.717, 1.165) is 11.1 Å². The van der Waals surface area contributed by atoms with Crippen LogP contribution in [0.25, 0.3) is 0 Å². The molecule has 2 heterocycles. The van der Waals surface area contributed by atoms with Crippen molar-refractivity contribution >= 4 is 29.0 Å². The lowest BCUT2D eigenvalue weighted by Crippen LogP contribution is -2.32. The van der Waals surface area contributed by atoms with E-state index in [1.807, 2.05) is 55.5 Å². The summed E-state index contributed by atoms with van der Waals surface area (Å²) in [6.45, 7) is 3.70. The van der Waals surface area contributed by atoms with E-state index in [2.05, 4.69) is 26.3 Å². The number of para-hydroxylation sites is 1. The first-order chi connectivity index (χ1) is 18.9. The molecule has 3 N–H and O–H groups in total. The van der Waals surface area contributed by atoms with Crippen molar-refractivity contribution in [2.24, 2.45) is 0 Å². The van der Waals surface area contributed by atoms with E-state index in [1.165, 1.54) is 0 Å². The number of anilines is 3. The highest BCUT2D eigenvalue weighted by Gasteiger charge is 2.36. The van der Waals surface area contributed by atoms with Gasteiger partial charge in [-0.2, -0.15) is 0 Å². The average Bonchev–Trinajstić information content (AvgIpc) is 3.37. The molecule has 10 heteroatoms. The summed E-state index contributed by atoms with van der Waals surface area (Å²) in [4.78, 5) is 26.9. The monoisotopic (exact) mass is 524 g/mol. The molecule has 0 radical (unpaired) electrons. The average molecular weight is 525 g/mol. The summed E-state index contributed by atoms with van der Waals surface area (Å²) < 4.78 is 12.1. The van der Waals surface area contributed by atoms with Gasteiger partial charge in [-0.15, -0.1) is 5.10 Å². The summed E-state index contributed by atoms with van der Waals surface area (Å²) in [6, 6.07) is 21.3. The standard InChI is InChI=1S/C29H28N6O4/c1-17-7-5-6-8-23(17)32-29(37)25-27-30-18(2)24(28(36)31-20-11-15-22(39-4)16-12-20)26(35(27)34-33-25)19-9-13-21(38-3)14-10-19/h5-16,26,30H,1-4H3,(H,31,36)(H,32,37). The SMILES string of the molecule is COc1ccc(NC(=O)C2=C(C)Nc3c(C(=O)Nc4ccccc4C)nnn3C2c2ccc(OC)cc2)cc1. The lowest BCUT2D eigenvalue weighted by molar-refractivity contribution is -0.113. The summed E-state index contributed by atoms with van der Waals surface area (Å²) in [5.41, 5.74) is 4.10. The molecule has 0 fully saturated rings. The summed E-state index contributed by atoms with van der Waals surface area (Å²) in [6.07, 6.45) is 0. The lowest BCUT2D eigenvalue weighted by Gasteiger charge is -2.29. The molecule has 0 bridgehead atoms. The molecule has 1 unspecified atom stereocenters. The van der Waals surface area contributed by atoms with Crippen molar-refractivity contribution < 1.29 is 19.1 Å². The van der Waals surface area contributed by atoms with Gasteiger partial charge in [0.1, 0.15) is 17.5 Å². The maximum Gasteiger partial charge on any atom is 0.280 e. The number of aromatic nitrogens is 3. The number of methoxy groups -OCH3 is 2. The Morgan fingerprint density at radius 2 is 1.49 bits per heavy atom. The van der Waals surface area contributed by atoms with Gasteiger partial charge in [0.2, 0.25) is 0 Å². The highest BCUT2D eigenvalue weighted by atomic mass is 16.5.